The fourth-order valence-electron chi connectivity index (χ4n) is 3.72. The topological polar surface area (TPSA) is 41.1 Å². The first-order chi connectivity index (χ1) is 14.6. The molecule has 0 saturated heterocycles. The highest BCUT2D eigenvalue weighted by Gasteiger charge is 2.07. The third-order valence-electron chi connectivity index (χ3n) is 5.68. The van der Waals surface area contributed by atoms with Crippen molar-refractivity contribution in [2.24, 2.45) is 0 Å². The molecular weight excluding hydrogens is 388 g/mol. The molecule has 0 saturated carbocycles. The first-order valence-corrected chi connectivity index (χ1v) is 12.7. The summed E-state index contributed by atoms with van der Waals surface area (Å²) >= 11 is 5.24. The second-order valence-electron chi connectivity index (χ2n) is 8.50. The van der Waals surface area contributed by atoms with Gasteiger partial charge in [-0.15, -0.1) is 0 Å². The van der Waals surface area contributed by atoms with Crippen LogP contribution in [-0.4, -0.2) is 17.6 Å². The molecule has 0 spiro atoms. The predicted molar refractivity (Wildman–Crippen MR) is 134 cm³/mol. The van der Waals surface area contributed by atoms with Crippen LogP contribution >= 0.6 is 12.2 Å². The van der Waals surface area contributed by atoms with Crippen LogP contribution in [0, 0.1) is 6.92 Å². The number of carbonyl (C=O) groups is 1. The van der Waals surface area contributed by atoms with E-state index >= 15 is 0 Å². The molecule has 4 heteroatoms. The Bertz CT molecular complexity index is 588. The number of hydrogen-bond acceptors (Lipinski definition) is 2. The van der Waals surface area contributed by atoms with E-state index in [0.717, 1.165) is 24.1 Å². The number of hydrogen-bond donors (Lipinski definition) is 2. The Morgan fingerprint density at radius 1 is 0.800 bits per heavy atom. The maximum absolute atomic E-state index is 12.1. The van der Waals surface area contributed by atoms with Crippen molar-refractivity contribution in [1.29, 1.82) is 0 Å². The van der Waals surface area contributed by atoms with Crippen LogP contribution in [0.25, 0.3) is 0 Å². The predicted octanol–water partition coefficient (Wildman–Crippen LogP) is 7.01. The van der Waals surface area contributed by atoms with Gasteiger partial charge in [0.2, 0.25) is 5.91 Å². The van der Waals surface area contributed by atoms with Crippen molar-refractivity contribution >= 4 is 23.2 Å². The van der Waals surface area contributed by atoms with Crippen molar-refractivity contribution in [2.45, 2.75) is 110 Å². The van der Waals surface area contributed by atoms with Gasteiger partial charge in [-0.1, -0.05) is 115 Å². The Labute approximate surface area is 190 Å². The van der Waals surface area contributed by atoms with E-state index in [2.05, 4.69) is 17.6 Å². The van der Waals surface area contributed by atoms with Gasteiger partial charge in [0.1, 0.15) is 0 Å². The zero-order valence-corrected chi connectivity index (χ0v) is 20.3. The first kappa shape index (κ1) is 26.6. The second kappa shape index (κ2) is 18.4. The molecule has 0 atom stereocenters. The minimum Gasteiger partial charge on any atom is -0.362 e. The average Bonchev–Trinajstić information content (AvgIpc) is 2.72. The van der Waals surface area contributed by atoms with Crippen molar-refractivity contribution in [1.82, 2.24) is 10.6 Å². The number of thiocarbonyl (C=S) groups is 1. The zero-order chi connectivity index (χ0) is 21.9. The van der Waals surface area contributed by atoms with Gasteiger partial charge in [0.15, 0.2) is 5.11 Å². The minimum absolute atomic E-state index is 0.0530. The number of benzene rings is 1. The minimum atomic E-state index is -0.0530. The number of nitrogens with one attached hydrogen (secondary N) is 2. The molecule has 0 aliphatic heterocycles. The van der Waals surface area contributed by atoms with Crippen LogP contribution in [-0.2, 0) is 11.2 Å². The maximum atomic E-state index is 12.1. The molecule has 0 heterocycles. The summed E-state index contributed by atoms with van der Waals surface area (Å²) in [5, 5.41) is 6.39. The Balaban J connectivity index is 1.88. The molecule has 1 aromatic rings. The van der Waals surface area contributed by atoms with Crippen molar-refractivity contribution in [2.75, 3.05) is 6.54 Å². The summed E-state index contributed by atoms with van der Waals surface area (Å²) in [5.74, 6) is -0.0530. The van der Waals surface area contributed by atoms with E-state index in [1.807, 2.05) is 31.2 Å². The molecule has 2 N–H and O–H groups in total. The average molecular weight is 433 g/mol. The number of unbranched alkanes of at least 4 members (excludes halogenated alkanes) is 13. The van der Waals surface area contributed by atoms with Gasteiger partial charge in [0, 0.05) is 6.54 Å². The Morgan fingerprint density at radius 3 is 1.83 bits per heavy atom. The molecule has 0 fully saturated rings. The Hall–Kier alpha value is -1.42. The molecule has 1 rings (SSSR count). The van der Waals surface area contributed by atoms with Crippen LogP contribution in [0.5, 0.6) is 0 Å². The fraction of sp³-hybridized carbons (Fsp3) is 0.692. The van der Waals surface area contributed by atoms with E-state index in [-0.39, 0.29) is 5.91 Å². The Kier molecular flexibility index (Phi) is 16.3. The highest BCUT2D eigenvalue weighted by Crippen LogP contribution is 2.13. The van der Waals surface area contributed by atoms with E-state index in [1.165, 1.54) is 83.5 Å². The quantitative estimate of drug-likeness (QED) is 0.205. The smallest absolute Gasteiger partial charge is 0.230 e. The molecule has 30 heavy (non-hydrogen) atoms. The lowest BCUT2D eigenvalue weighted by atomic mass is 10.0. The summed E-state index contributed by atoms with van der Waals surface area (Å²) in [6, 6.07) is 7.95. The van der Waals surface area contributed by atoms with E-state index in [1.54, 1.807) is 0 Å². The van der Waals surface area contributed by atoms with Crippen LogP contribution in [0.2, 0.25) is 0 Å². The van der Waals surface area contributed by atoms with Gasteiger partial charge in [0.05, 0.1) is 6.42 Å². The molecule has 0 radical (unpaired) electrons. The summed E-state index contributed by atoms with van der Waals surface area (Å²) < 4.78 is 0. The lowest BCUT2D eigenvalue weighted by Crippen LogP contribution is -2.40. The molecule has 3 nitrogen and oxygen atoms in total. The molecule has 1 aromatic carbocycles. The monoisotopic (exact) mass is 432 g/mol. The van der Waals surface area contributed by atoms with Crippen molar-refractivity contribution in [3.05, 3.63) is 35.4 Å². The maximum Gasteiger partial charge on any atom is 0.230 e. The fourth-order valence-corrected chi connectivity index (χ4v) is 3.93. The molecule has 0 aliphatic carbocycles. The van der Waals surface area contributed by atoms with E-state index in [4.69, 9.17) is 12.2 Å². The lowest BCUT2D eigenvalue weighted by molar-refractivity contribution is -0.119. The largest absolute Gasteiger partial charge is 0.362 e. The lowest BCUT2D eigenvalue weighted by Gasteiger charge is -2.10. The zero-order valence-electron chi connectivity index (χ0n) is 19.4. The van der Waals surface area contributed by atoms with E-state index < -0.39 is 0 Å². The Morgan fingerprint density at radius 2 is 1.30 bits per heavy atom. The molecule has 0 aromatic heterocycles. The standard InChI is InChI=1S/C26H44N2OS/c1-3-4-5-6-7-8-9-10-11-12-13-14-15-18-21-27-26(30)28-25(29)22-24-20-17-16-19-23(24)2/h16-17,19-20H,3-15,18,21-22H2,1-2H3,(H2,27,28,29,30). The third-order valence-corrected chi connectivity index (χ3v) is 5.93. The van der Waals surface area contributed by atoms with Crippen LogP contribution < -0.4 is 10.6 Å². The molecule has 1 amide bonds. The van der Waals surface area contributed by atoms with Crippen LogP contribution in [0.4, 0.5) is 0 Å². The van der Waals surface area contributed by atoms with Gasteiger partial charge in [-0.2, -0.15) is 0 Å². The van der Waals surface area contributed by atoms with Crippen LogP contribution in [0.3, 0.4) is 0 Å². The van der Waals surface area contributed by atoms with Crippen molar-refractivity contribution < 1.29 is 4.79 Å². The number of aryl methyl sites for hydroxylation is 1. The SMILES string of the molecule is CCCCCCCCCCCCCCCCNC(=S)NC(=O)Cc1ccccc1C. The first-order valence-electron chi connectivity index (χ1n) is 12.3. The number of amides is 1. The highest BCUT2D eigenvalue weighted by molar-refractivity contribution is 7.80. The van der Waals surface area contributed by atoms with Crippen LogP contribution in [0.1, 0.15) is 108 Å². The summed E-state index contributed by atoms with van der Waals surface area (Å²) in [7, 11) is 0. The van der Waals surface area contributed by atoms with Gasteiger partial charge in [-0.25, -0.2) is 0 Å². The van der Waals surface area contributed by atoms with E-state index in [0.29, 0.717) is 11.5 Å². The van der Waals surface area contributed by atoms with Gasteiger partial charge in [0.25, 0.3) is 0 Å². The molecule has 0 aliphatic rings. The third kappa shape index (κ3) is 14.5. The number of rotatable bonds is 17. The highest BCUT2D eigenvalue weighted by atomic mass is 32.1. The summed E-state index contributed by atoms with van der Waals surface area (Å²) in [6.45, 7) is 5.13. The van der Waals surface area contributed by atoms with Crippen molar-refractivity contribution in [3.8, 4) is 0 Å². The van der Waals surface area contributed by atoms with Crippen molar-refractivity contribution in [3.63, 3.8) is 0 Å². The summed E-state index contributed by atoms with van der Waals surface area (Å²) in [6.07, 6.45) is 19.4. The molecular formula is C26H44N2OS. The van der Waals surface area contributed by atoms with Crippen LogP contribution in [0.15, 0.2) is 24.3 Å². The second-order valence-corrected chi connectivity index (χ2v) is 8.91. The van der Waals surface area contributed by atoms with Gasteiger partial charge in [-0.3, -0.25) is 4.79 Å². The van der Waals surface area contributed by atoms with Gasteiger partial charge in [-0.05, 0) is 36.7 Å². The molecule has 0 bridgehead atoms. The van der Waals surface area contributed by atoms with Gasteiger partial charge >= 0.3 is 0 Å². The normalized spacial score (nSPS) is 10.7. The summed E-state index contributed by atoms with van der Waals surface area (Å²) in [4.78, 5) is 12.1. The molecule has 170 valence electrons. The molecule has 0 unspecified atom stereocenters. The number of carbonyl (C=O) groups excluding carboxylic acids is 1. The van der Waals surface area contributed by atoms with Gasteiger partial charge < -0.3 is 10.6 Å². The van der Waals surface area contributed by atoms with E-state index in [9.17, 15) is 4.79 Å². The summed E-state index contributed by atoms with van der Waals surface area (Å²) in [5.41, 5.74) is 2.18.